The number of hydrogen-bond donors (Lipinski definition) is 0. The molecule has 22 heavy (non-hydrogen) atoms. The summed E-state index contributed by atoms with van der Waals surface area (Å²) in [7, 11) is 0. The van der Waals surface area contributed by atoms with E-state index < -0.39 is 0 Å². The third-order valence-electron chi connectivity index (χ3n) is 3.02. The lowest BCUT2D eigenvalue weighted by Gasteiger charge is -2.12. The minimum Gasteiger partial charge on any atom is -0.463 e. The summed E-state index contributed by atoms with van der Waals surface area (Å²) in [6, 6.07) is 9.44. The van der Waals surface area contributed by atoms with Crippen molar-refractivity contribution in [2.24, 2.45) is 0 Å². The molecule has 0 bridgehead atoms. The number of benzene rings is 1. The van der Waals surface area contributed by atoms with Crippen molar-refractivity contribution in [2.75, 3.05) is 6.61 Å². The van der Waals surface area contributed by atoms with Gasteiger partial charge in [0.05, 0.1) is 6.61 Å². The van der Waals surface area contributed by atoms with E-state index in [-0.39, 0.29) is 5.97 Å². The zero-order valence-electron chi connectivity index (χ0n) is 13.0. The van der Waals surface area contributed by atoms with Crippen molar-refractivity contribution in [1.82, 2.24) is 4.98 Å². The predicted molar refractivity (Wildman–Crippen MR) is 85.9 cm³/mol. The predicted octanol–water partition coefficient (Wildman–Crippen LogP) is 4.07. The van der Waals surface area contributed by atoms with Gasteiger partial charge in [-0.15, -0.1) is 0 Å². The van der Waals surface area contributed by atoms with Crippen molar-refractivity contribution in [2.45, 2.75) is 20.8 Å². The summed E-state index contributed by atoms with van der Waals surface area (Å²) in [5, 5.41) is 0. The Hall–Kier alpha value is -2.62. The van der Waals surface area contributed by atoms with Crippen molar-refractivity contribution >= 4 is 12.0 Å². The van der Waals surface area contributed by atoms with Gasteiger partial charge in [-0.05, 0) is 50.1 Å². The van der Waals surface area contributed by atoms with E-state index in [4.69, 9.17) is 9.47 Å². The molecule has 0 saturated carbocycles. The van der Waals surface area contributed by atoms with Gasteiger partial charge in [0.25, 0.3) is 0 Å². The Balaban J connectivity index is 2.33. The van der Waals surface area contributed by atoms with E-state index in [1.165, 1.54) is 6.08 Å². The van der Waals surface area contributed by atoms with E-state index in [9.17, 15) is 4.79 Å². The van der Waals surface area contributed by atoms with Crippen LogP contribution in [0, 0.1) is 13.8 Å². The first kappa shape index (κ1) is 15.8. The highest BCUT2D eigenvalue weighted by Gasteiger charge is 2.08. The maximum absolute atomic E-state index is 11.5. The van der Waals surface area contributed by atoms with Gasteiger partial charge in [0, 0.05) is 23.9 Å². The highest BCUT2D eigenvalue weighted by atomic mass is 16.5. The second-order valence-corrected chi connectivity index (χ2v) is 4.85. The van der Waals surface area contributed by atoms with Crippen LogP contribution < -0.4 is 4.74 Å². The largest absolute Gasteiger partial charge is 0.463 e. The molecule has 0 atom stereocenters. The summed E-state index contributed by atoms with van der Waals surface area (Å²) >= 11 is 0. The number of carbonyl (C=O) groups is 1. The highest BCUT2D eigenvalue weighted by molar-refractivity contribution is 5.88. The Kier molecular flexibility index (Phi) is 5.31. The number of nitrogens with zero attached hydrogens (tertiary/aromatic N) is 1. The number of ether oxygens (including phenoxy) is 2. The molecular formula is C18H19NO3. The zero-order valence-corrected chi connectivity index (χ0v) is 13.0. The monoisotopic (exact) mass is 297 g/mol. The third-order valence-corrected chi connectivity index (χ3v) is 3.02. The molecule has 2 aromatic rings. The standard InChI is InChI=1S/C18H19NO3/c1-4-21-18(20)9-8-15-14(3)11-13(2)12-16(15)22-17-7-5-6-10-19-17/h5-12H,4H2,1-3H3/b9-8+. The van der Waals surface area contributed by atoms with Crippen LogP contribution >= 0.6 is 0 Å². The maximum Gasteiger partial charge on any atom is 0.330 e. The molecule has 0 fully saturated rings. The number of esters is 1. The van der Waals surface area contributed by atoms with Crippen LogP contribution in [0.2, 0.25) is 0 Å². The number of carbonyl (C=O) groups excluding carboxylic acids is 1. The Morgan fingerprint density at radius 1 is 1.27 bits per heavy atom. The minimum atomic E-state index is -0.369. The van der Waals surface area contributed by atoms with Crippen LogP contribution in [0.25, 0.3) is 6.08 Å². The van der Waals surface area contributed by atoms with E-state index in [2.05, 4.69) is 4.98 Å². The molecule has 114 valence electrons. The van der Waals surface area contributed by atoms with E-state index >= 15 is 0 Å². The smallest absolute Gasteiger partial charge is 0.330 e. The average Bonchev–Trinajstić information content (AvgIpc) is 2.47. The van der Waals surface area contributed by atoms with Gasteiger partial charge in [-0.3, -0.25) is 0 Å². The second-order valence-electron chi connectivity index (χ2n) is 4.85. The lowest BCUT2D eigenvalue weighted by atomic mass is 10.0. The Morgan fingerprint density at radius 2 is 2.09 bits per heavy atom. The van der Waals surface area contributed by atoms with Crippen LogP contribution in [0.5, 0.6) is 11.6 Å². The second kappa shape index (κ2) is 7.41. The Labute approximate surface area is 130 Å². The van der Waals surface area contributed by atoms with Crippen LogP contribution in [0.15, 0.2) is 42.6 Å². The molecule has 0 aliphatic rings. The third kappa shape index (κ3) is 4.19. The van der Waals surface area contributed by atoms with Gasteiger partial charge in [0.1, 0.15) is 5.75 Å². The molecule has 0 unspecified atom stereocenters. The average molecular weight is 297 g/mol. The van der Waals surface area contributed by atoms with Gasteiger partial charge in [-0.1, -0.05) is 12.1 Å². The molecule has 4 heteroatoms. The van der Waals surface area contributed by atoms with Crippen LogP contribution in [0.4, 0.5) is 0 Å². The van der Waals surface area contributed by atoms with E-state index in [0.29, 0.717) is 18.2 Å². The first-order valence-electron chi connectivity index (χ1n) is 7.15. The van der Waals surface area contributed by atoms with Crippen molar-refractivity contribution in [3.63, 3.8) is 0 Å². The molecule has 1 aromatic carbocycles. The summed E-state index contributed by atoms with van der Waals surface area (Å²) in [6.45, 7) is 6.10. The van der Waals surface area contributed by atoms with E-state index in [1.54, 1.807) is 25.3 Å². The minimum absolute atomic E-state index is 0.355. The van der Waals surface area contributed by atoms with Gasteiger partial charge in [-0.25, -0.2) is 9.78 Å². The maximum atomic E-state index is 11.5. The van der Waals surface area contributed by atoms with E-state index in [0.717, 1.165) is 16.7 Å². The fourth-order valence-electron chi connectivity index (χ4n) is 2.10. The molecule has 0 radical (unpaired) electrons. The summed E-state index contributed by atoms with van der Waals surface area (Å²) in [5.41, 5.74) is 2.94. The van der Waals surface area contributed by atoms with Crippen LogP contribution in [-0.4, -0.2) is 17.6 Å². The number of aryl methyl sites for hydroxylation is 2. The molecule has 0 amide bonds. The zero-order chi connectivity index (χ0) is 15.9. The molecule has 0 aliphatic carbocycles. The Bertz CT molecular complexity index is 678. The first-order valence-corrected chi connectivity index (χ1v) is 7.15. The quantitative estimate of drug-likeness (QED) is 0.616. The number of pyridine rings is 1. The van der Waals surface area contributed by atoms with Gasteiger partial charge in [-0.2, -0.15) is 0 Å². The van der Waals surface area contributed by atoms with E-state index in [1.807, 2.05) is 38.1 Å². The molecule has 1 aromatic heterocycles. The SMILES string of the molecule is CCOC(=O)/C=C/c1c(C)cc(C)cc1Oc1ccccn1. The summed E-state index contributed by atoms with van der Waals surface area (Å²) in [6.07, 6.45) is 4.80. The molecule has 0 N–H and O–H groups in total. The number of hydrogen-bond acceptors (Lipinski definition) is 4. The Morgan fingerprint density at radius 3 is 2.77 bits per heavy atom. The van der Waals surface area contributed by atoms with Crippen LogP contribution in [0.1, 0.15) is 23.6 Å². The first-order chi connectivity index (χ1) is 10.6. The van der Waals surface area contributed by atoms with Crippen LogP contribution in [0.3, 0.4) is 0 Å². The number of aromatic nitrogens is 1. The molecule has 2 rings (SSSR count). The van der Waals surface area contributed by atoms with Crippen molar-refractivity contribution < 1.29 is 14.3 Å². The van der Waals surface area contributed by atoms with Gasteiger partial charge < -0.3 is 9.47 Å². The summed E-state index contributed by atoms with van der Waals surface area (Å²) < 4.78 is 10.8. The molecule has 1 heterocycles. The molecular weight excluding hydrogens is 278 g/mol. The molecule has 0 aliphatic heterocycles. The highest BCUT2D eigenvalue weighted by Crippen LogP contribution is 2.29. The van der Waals surface area contributed by atoms with Gasteiger partial charge >= 0.3 is 5.97 Å². The number of rotatable bonds is 5. The fourth-order valence-corrected chi connectivity index (χ4v) is 2.10. The lowest BCUT2D eigenvalue weighted by Crippen LogP contribution is -1.99. The molecule has 4 nitrogen and oxygen atoms in total. The topological polar surface area (TPSA) is 48.4 Å². The molecule has 0 saturated heterocycles. The van der Waals surface area contributed by atoms with Crippen molar-refractivity contribution in [3.8, 4) is 11.6 Å². The lowest BCUT2D eigenvalue weighted by molar-refractivity contribution is -0.137. The normalized spacial score (nSPS) is 10.7. The van der Waals surface area contributed by atoms with Gasteiger partial charge in [0.2, 0.25) is 5.88 Å². The van der Waals surface area contributed by atoms with Gasteiger partial charge in [0.15, 0.2) is 0 Å². The fraction of sp³-hybridized carbons (Fsp3) is 0.222. The van der Waals surface area contributed by atoms with Crippen molar-refractivity contribution in [3.05, 3.63) is 59.3 Å². The van der Waals surface area contributed by atoms with Crippen molar-refractivity contribution in [1.29, 1.82) is 0 Å². The molecule has 0 spiro atoms. The van der Waals surface area contributed by atoms with Crippen LogP contribution in [-0.2, 0) is 9.53 Å². The summed E-state index contributed by atoms with van der Waals surface area (Å²) in [5.74, 6) is 0.807. The summed E-state index contributed by atoms with van der Waals surface area (Å²) in [4.78, 5) is 15.7.